The molecule has 0 fully saturated rings. The number of ether oxygens (including phenoxy) is 1. The van der Waals surface area contributed by atoms with Crippen LogP contribution in [0.25, 0.3) is 0 Å². The summed E-state index contributed by atoms with van der Waals surface area (Å²) in [5, 5.41) is 9.14. The molecule has 0 aliphatic rings. The molecule has 1 N–H and O–H groups in total. The molecule has 0 unspecified atom stereocenters. The summed E-state index contributed by atoms with van der Waals surface area (Å²) in [4.78, 5) is 2.17. The molecule has 2 aromatic rings. The number of hydrogen-bond donors (Lipinski definition) is 1. The minimum Gasteiger partial charge on any atom is -0.497 e. The maximum absolute atomic E-state index is 9.14. The molecule has 2 rings (SSSR count). The van der Waals surface area contributed by atoms with Crippen molar-refractivity contribution in [3.8, 4) is 5.75 Å². The van der Waals surface area contributed by atoms with Crippen LogP contribution in [0.5, 0.6) is 5.75 Å². The lowest BCUT2D eigenvalue weighted by Crippen LogP contribution is -2.25. The van der Waals surface area contributed by atoms with Crippen molar-refractivity contribution in [3.63, 3.8) is 0 Å². The van der Waals surface area contributed by atoms with Crippen LogP contribution in [0.4, 0.5) is 0 Å². The molecule has 1 heterocycles. The molecule has 102 valence electrons. The Labute approximate surface area is 113 Å². The molecular formula is C15H19NO3. The topological polar surface area (TPSA) is 45.8 Å². The molecule has 4 nitrogen and oxygen atoms in total. The van der Waals surface area contributed by atoms with Crippen molar-refractivity contribution >= 4 is 0 Å². The number of furan rings is 1. The summed E-state index contributed by atoms with van der Waals surface area (Å²) in [6.45, 7) is 2.34. The molecule has 0 saturated carbocycles. The van der Waals surface area contributed by atoms with Crippen LogP contribution >= 0.6 is 0 Å². The van der Waals surface area contributed by atoms with E-state index in [1.165, 1.54) is 5.56 Å². The normalized spacial score (nSPS) is 10.9. The minimum absolute atomic E-state index is 0.147. The van der Waals surface area contributed by atoms with Crippen LogP contribution in [0.2, 0.25) is 0 Å². The lowest BCUT2D eigenvalue weighted by Gasteiger charge is -2.20. The number of rotatable bonds is 7. The van der Waals surface area contributed by atoms with Gasteiger partial charge in [-0.1, -0.05) is 12.1 Å². The second-order valence-electron chi connectivity index (χ2n) is 4.41. The molecule has 0 amide bonds. The average Bonchev–Trinajstić information content (AvgIpc) is 2.93. The van der Waals surface area contributed by atoms with Crippen molar-refractivity contribution in [2.24, 2.45) is 0 Å². The maximum Gasteiger partial charge on any atom is 0.118 e. The Morgan fingerprint density at radius 1 is 1.11 bits per heavy atom. The summed E-state index contributed by atoms with van der Waals surface area (Å²) >= 11 is 0. The van der Waals surface area contributed by atoms with E-state index in [2.05, 4.69) is 4.90 Å². The van der Waals surface area contributed by atoms with Crippen LogP contribution in [0.3, 0.4) is 0 Å². The number of methoxy groups -OCH3 is 1. The van der Waals surface area contributed by atoms with Crippen molar-refractivity contribution in [1.29, 1.82) is 0 Å². The Morgan fingerprint density at radius 2 is 1.84 bits per heavy atom. The zero-order valence-electron chi connectivity index (χ0n) is 11.1. The molecule has 19 heavy (non-hydrogen) atoms. The smallest absolute Gasteiger partial charge is 0.118 e. The highest BCUT2D eigenvalue weighted by molar-refractivity contribution is 5.27. The Kier molecular flexibility index (Phi) is 5.01. The number of benzene rings is 1. The van der Waals surface area contributed by atoms with Crippen molar-refractivity contribution in [2.75, 3.05) is 20.3 Å². The van der Waals surface area contributed by atoms with Crippen LogP contribution in [-0.4, -0.2) is 30.3 Å². The highest BCUT2D eigenvalue weighted by Gasteiger charge is 2.07. The zero-order valence-corrected chi connectivity index (χ0v) is 11.1. The van der Waals surface area contributed by atoms with Gasteiger partial charge in [0.2, 0.25) is 0 Å². The first kappa shape index (κ1) is 13.6. The SMILES string of the molecule is COc1ccc(CN(CCO)Cc2ccoc2)cc1. The molecule has 1 aromatic carbocycles. The molecule has 0 spiro atoms. The summed E-state index contributed by atoms with van der Waals surface area (Å²) in [6, 6.07) is 9.92. The number of nitrogens with zero attached hydrogens (tertiary/aromatic N) is 1. The van der Waals surface area contributed by atoms with Crippen molar-refractivity contribution in [3.05, 3.63) is 54.0 Å². The van der Waals surface area contributed by atoms with Crippen molar-refractivity contribution < 1.29 is 14.3 Å². The van der Waals surface area contributed by atoms with Gasteiger partial charge in [-0.2, -0.15) is 0 Å². The number of hydrogen-bond acceptors (Lipinski definition) is 4. The van der Waals surface area contributed by atoms with Gasteiger partial charge in [0.25, 0.3) is 0 Å². The van der Waals surface area contributed by atoms with E-state index in [-0.39, 0.29) is 6.61 Å². The molecule has 0 radical (unpaired) electrons. The molecule has 0 saturated heterocycles. The third kappa shape index (κ3) is 4.12. The van der Waals surface area contributed by atoms with Gasteiger partial charge in [-0.25, -0.2) is 0 Å². The largest absolute Gasteiger partial charge is 0.497 e. The first-order valence-electron chi connectivity index (χ1n) is 6.29. The molecular weight excluding hydrogens is 242 g/mol. The van der Waals surface area contributed by atoms with Crippen LogP contribution in [-0.2, 0) is 13.1 Å². The van der Waals surface area contributed by atoms with E-state index in [1.807, 2.05) is 30.3 Å². The van der Waals surface area contributed by atoms with Crippen LogP contribution < -0.4 is 4.74 Å². The Hall–Kier alpha value is -1.78. The molecule has 0 bridgehead atoms. The van der Waals surface area contributed by atoms with Crippen LogP contribution in [0, 0.1) is 0 Å². The van der Waals surface area contributed by atoms with Gasteiger partial charge in [0.05, 0.1) is 26.2 Å². The quantitative estimate of drug-likeness (QED) is 0.830. The van der Waals surface area contributed by atoms with Crippen molar-refractivity contribution in [1.82, 2.24) is 4.90 Å². The first-order chi connectivity index (χ1) is 9.31. The second-order valence-corrected chi connectivity index (χ2v) is 4.41. The molecule has 0 aliphatic heterocycles. The Bertz CT molecular complexity index is 465. The summed E-state index contributed by atoms with van der Waals surface area (Å²) in [7, 11) is 1.66. The maximum atomic E-state index is 9.14. The standard InChI is InChI=1S/C15H19NO3/c1-18-15-4-2-13(3-5-15)10-16(7-8-17)11-14-6-9-19-12-14/h2-6,9,12,17H,7-8,10-11H2,1H3. The van der Waals surface area contributed by atoms with E-state index >= 15 is 0 Å². The van der Waals surface area contributed by atoms with E-state index in [0.29, 0.717) is 6.54 Å². The highest BCUT2D eigenvalue weighted by Crippen LogP contribution is 2.14. The van der Waals surface area contributed by atoms with E-state index < -0.39 is 0 Å². The lowest BCUT2D eigenvalue weighted by molar-refractivity contribution is 0.184. The second kappa shape index (κ2) is 6.97. The first-order valence-corrected chi connectivity index (χ1v) is 6.29. The Balaban J connectivity index is 1.98. The van der Waals surface area contributed by atoms with Gasteiger partial charge < -0.3 is 14.3 Å². The fourth-order valence-corrected chi connectivity index (χ4v) is 1.99. The predicted molar refractivity (Wildman–Crippen MR) is 72.9 cm³/mol. The summed E-state index contributed by atoms with van der Waals surface area (Å²) < 4.78 is 10.2. The third-order valence-corrected chi connectivity index (χ3v) is 2.97. The van der Waals surface area contributed by atoms with E-state index in [4.69, 9.17) is 14.3 Å². The van der Waals surface area contributed by atoms with Gasteiger partial charge in [0, 0.05) is 25.2 Å². The van der Waals surface area contributed by atoms with E-state index in [9.17, 15) is 0 Å². The summed E-state index contributed by atoms with van der Waals surface area (Å²) in [5.74, 6) is 0.854. The zero-order chi connectivity index (χ0) is 13.5. The molecule has 1 aromatic heterocycles. The highest BCUT2D eigenvalue weighted by atomic mass is 16.5. The van der Waals surface area contributed by atoms with Gasteiger partial charge >= 0.3 is 0 Å². The van der Waals surface area contributed by atoms with Gasteiger partial charge in [0.1, 0.15) is 5.75 Å². The van der Waals surface area contributed by atoms with Crippen LogP contribution in [0.1, 0.15) is 11.1 Å². The van der Waals surface area contributed by atoms with Gasteiger partial charge in [-0.05, 0) is 23.8 Å². The molecule has 0 atom stereocenters. The van der Waals surface area contributed by atoms with Gasteiger partial charge in [0.15, 0.2) is 0 Å². The summed E-state index contributed by atoms with van der Waals surface area (Å²) in [5.41, 5.74) is 2.31. The predicted octanol–water partition coefficient (Wildman–Crippen LogP) is 2.28. The average molecular weight is 261 g/mol. The third-order valence-electron chi connectivity index (χ3n) is 2.97. The molecule has 0 aliphatic carbocycles. The lowest BCUT2D eigenvalue weighted by atomic mass is 10.2. The van der Waals surface area contributed by atoms with Crippen molar-refractivity contribution in [2.45, 2.75) is 13.1 Å². The Morgan fingerprint density at radius 3 is 2.42 bits per heavy atom. The van der Waals surface area contributed by atoms with Crippen LogP contribution in [0.15, 0.2) is 47.3 Å². The summed E-state index contributed by atoms with van der Waals surface area (Å²) in [6.07, 6.45) is 3.40. The van der Waals surface area contributed by atoms with E-state index in [1.54, 1.807) is 19.6 Å². The number of aliphatic hydroxyl groups is 1. The number of aliphatic hydroxyl groups excluding tert-OH is 1. The fourth-order valence-electron chi connectivity index (χ4n) is 1.99. The monoisotopic (exact) mass is 261 g/mol. The van der Waals surface area contributed by atoms with E-state index in [0.717, 1.165) is 24.4 Å². The fraction of sp³-hybridized carbons (Fsp3) is 0.333. The van der Waals surface area contributed by atoms with Gasteiger partial charge in [-0.3, -0.25) is 4.90 Å². The molecule has 4 heteroatoms. The van der Waals surface area contributed by atoms with Gasteiger partial charge in [-0.15, -0.1) is 0 Å². The minimum atomic E-state index is 0.147.